The molecule has 44 heavy (non-hydrogen) atoms. The number of carboxylic acid groups (broad SMARTS) is 2. The van der Waals surface area contributed by atoms with Gasteiger partial charge >= 0.3 is 11.9 Å². The van der Waals surface area contributed by atoms with E-state index in [1.807, 2.05) is 0 Å². The number of nitrogens with zero attached hydrogens (tertiary/aromatic N) is 1. The van der Waals surface area contributed by atoms with Crippen LogP contribution in [0.2, 0.25) is 0 Å². The molecule has 0 radical (unpaired) electrons. The van der Waals surface area contributed by atoms with E-state index in [9.17, 15) is 44.4 Å². The molecule has 0 aliphatic rings. The van der Waals surface area contributed by atoms with Crippen LogP contribution in [0.4, 0.5) is 0 Å². The van der Waals surface area contributed by atoms with Crippen molar-refractivity contribution in [2.24, 2.45) is 5.73 Å². The minimum Gasteiger partial charge on any atom is -0.508 e. The summed E-state index contributed by atoms with van der Waals surface area (Å²) in [6.07, 6.45) is 1.85. The molecular weight excluding hydrogens is 576 g/mol. The summed E-state index contributed by atoms with van der Waals surface area (Å²) < 4.78 is 0. The van der Waals surface area contributed by atoms with Crippen LogP contribution in [0.3, 0.4) is 0 Å². The lowest BCUT2D eigenvalue weighted by molar-refractivity contribution is -0.142. The second kappa shape index (κ2) is 15.7. The second-order valence-electron chi connectivity index (χ2n) is 10.1. The summed E-state index contributed by atoms with van der Waals surface area (Å²) in [6, 6.07) is 6.22. The fourth-order valence-corrected chi connectivity index (χ4v) is 4.23. The Bertz CT molecular complexity index is 1430. The van der Waals surface area contributed by atoms with Crippen molar-refractivity contribution >= 4 is 29.7 Å². The van der Waals surface area contributed by atoms with E-state index in [4.69, 9.17) is 5.73 Å². The summed E-state index contributed by atoms with van der Waals surface area (Å²) in [7, 11) is 0. The van der Waals surface area contributed by atoms with Crippen LogP contribution < -0.4 is 21.7 Å². The number of aromatic nitrogens is 2. The molecule has 2 aromatic carbocycles. The Morgan fingerprint density at radius 2 is 1.23 bits per heavy atom. The highest BCUT2D eigenvalue weighted by atomic mass is 16.4. The van der Waals surface area contributed by atoms with Gasteiger partial charge in [0.1, 0.15) is 29.6 Å². The molecule has 1 aromatic heterocycles. The van der Waals surface area contributed by atoms with Gasteiger partial charge < -0.3 is 47.1 Å². The lowest BCUT2D eigenvalue weighted by Gasteiger charge is -2.25. The van der Waals surface area contributed by atoms with Gasteiger partial charge in [-0.25, -0.2) is 9.78 Å². The third kappa shape index (κ3) is 10.4. The van der Waals surface area contributed by atoms with Crippen molar-refractivity contribution in [1.82, 2.24) is 25.9 Å². The minimum atomic E-state index is -1.41. The van der Waals surface area contributed by atoms with Crippen LogP contribution in [0.15, 0.2) is 61.1 Å². The number of aromatic hydroxyl groups is 2. The molecule has 15 nitrogen and oxygen atoms in total. The van der Waals surface area contributed by atoms with Crippen molar-refractivity contribution in [2.45, 2.75) is 56.3 Å². The van der Waals surface area contributed by atoms with Gasteiger partial charge in [-0.3, -0.25) is 19.2 Å². The van der Waals surface area contributed by atoms with Crippen molar-refractivity contribution in [3.8, 4) is 11.5 Å². The molecule has 4 unspecified atom stereocenters. The second-order valence-corrected chi connectivity index (χ2v) is 10.1. The third-order valence-electron chi connectivity index (χ3n) is 6.61. The van der Waals surface area contributed by atoms with Gasteiger partial charge in [0.25, 0.3) is 0 Å². The smallest absolute Gasteiger partial charge is 0.326 e. The SMILES string of the molecule is NC(Cc1cnc[nH]1)C(=O)NC(CCC(=O)O)C(=O)NC(Cc1ccc(O)cc1)C(=O)NC(Cc1ccc(O)cc1)C(=O)O. The maximum absolute atomic E-state index is 13.4. The number of nitrogens with two attached hydrogens (primary N) is 1. The van der Waals surface area contributed by atoms with Gasteiger partial charge in [-0.15, -0.1) is 0 Å². The molecular formula is C29H34N6O9. The number of hydrogen-bond acceptors (Lipinski definition) is 9. The van der Waals surface area contributed by atoms with Crippen LogP contribution >= 0.6 is 0 Å². The van der Waals surface area contributed by atoms with Gasteiger partial charge in [-0.05, 0) is 41.8 Å². The van der Waals surface area contributed by atoms with Gasteiger partial charge in [0, 0.05) is 37.6 Å². The number of carboxylic acids is 2. The van der Waals surface area contributed by atoms with E-state index in [1.54, 1.807) is 0 Å². The zero-order chi connectivity index (χ0) is 32.2. The highest BCUT2D eigenvalue weighted by Crippen LogP contribution is 2.14. The maximum atomic E-state index is 13.4. The summed E-state index contributed by atoms with van der Waals surface area (Å²) in [4.78, 5) is 69.5. The molecule has 3 aromatic rings. The lowest BCUT2D eigenvalue weighted by atomic mass is 10.0. The highest BCUT2D eigenvalue weighted by molar-refractivity contribution is 5.94. The number of phenols is 2. The van der Waals surface area contributed by atoms with Crippen LogP contribution in [-0.4, -0.2) is 84.2 Å². The van der Waals surface area contributed by atoms with E-state index >= 15 is 0 Å². The molecule has 1 heterocycles. The largest absolute Gasteiger partial charge is 0.508 e. The number of aromatic amines is 1. The fraction of sp³-hybridized carbons (Fsp3) is 0.310. The van der Waals surface area contributed by atoms with E-state index < -0.39 is 60.2 Å². The zero-order valence-corrected chi connectivity index (χ0v) is 23.5. The topological polar surface area (TPSA) is 257 Å². The van der Waals surface area contributed by atoms with Crippen molar-refractivity contribution < 1.29 is 44.4 Å². The fourth-order valence-electron chi connectivity index (χ4n) is 4.23. The van der Waals surface area contributed by atoms with Gasteiger partial charge in [-0.2, -0.15) is 0 Å². The van der Waals surface area contributed by atoms with Crippen LogP contribution in [0, 0.1) is 0 Å². The summed E-state index contributed by atoms with van der Waals surface area (Å²) in [5, 5.41) is 45.5. The number of aliphatic carboxylic acids is 2. The molecule has 0 saturated carbocycles. The Kier molecular flexibility index (Phi) is 11.8. The first-order chi connectivity index (χ1) is 20.9. The summed E-state index contributed by atoms with van der Waals surface area (Å²) in [5.74, 6) is -5.14. The Hall–Kier alpha value is -5.44. The van der Waals surface area contributed by atoms with E-state index in [0.29, 0.717) is 16.8 Å². The van der Waals surface area contributed by atoms with Gasteiger partial charge in [0.05, 0.1) is 12.4 Å². The molecule has 0 bridgehead atoms. The Morgan fingerprint density at radius 1 is 0.727 bits per heavy atom. The number of phenolic OH excluding ortho intramolecular Hbond substituents is 2. The standard InChI is InChI=1S/C29H34N6O9/c30-21(13-18-14-31-15-32-18)26(40)33-22(9-10-25(38)39)27(41)34-23(11-16-1-5-19(36)6-2-16)28(42)35-24(29(43)44)12-17-3-7-20(37)8-4-17/h1-8,14-15,21-24,36-37H,9-13,30H2,(H,31,32)(H,33,40)(H,34,41)(H,35,42)(H,38,39)(H,43,44). The van der Waals surface area contributed by atoms with Crippen LogP contribution in [-0.2, 0) is 43.2 Å². The van der Waals surface area contributed by atoms with Gasteiger partial charge in [0.2, 0.25) is 17.7 Å². The molecule has 0 saturated heterocycles. The van der Waals surface area contributed by atoms with Crippen LogP contribution in [0.5, 0.6) is 11.5 Å². The number of benzene rings is 2. The first-order valence-corrected chi connectivity index (χ1v) is 13.6. The van der Waals surface area contributed by atoms with Gasteiger partial charge in [0.15, 0.2) is 0 Å². The molecule has 3 rings (SSSR count). The summed E-state index contributed by atoms with van der Waals surface area (Å²) >= 11 is 0. The number of imidazole rings is 1. The number of hydrogen-bond donors (Lipinski definition) is 9. The molecule has 0 spiro atoms. The normalized spacial score (nSPS) is 13.6. The van der Waals surface area contributed by atoms with Gasteiger partial charge in [-0.1, -0.05) is 24.3 Å². The summed E-state index contributed by atoms with van der Waals surface area (Å²) in [5.41, 5.74) is 7.54. The molecule has 4 atom stereocenters. The van der Waals surface area contributed by atoms with Crippen molar-refractivity contribution in [3.05, 3.63) is 77.9 Å². The number of rotatable bonds is 16. The lowest BCUT2D eigenvalue weighted by Crippen LogP contribution is -2.58. The molecule has 3 amide bonds. The monoisotopic (exact) mass is 610 g/mol. The number of carbonyl (C=O) groups is 5. The van der Waals surface area contributed by atoms with Crippen molar-refractivity contribution in [2.75, 3.05) is 0 Å². The third-order valence-corrected chi connectivity index (χ3v) is 6.61. The van der Waals surface area contributed by atoms with E-state index in [-0.39, 0.29) is 37.2 Å². The van der Waals surface area contributed by atoms with E-state index in [0.717, 1.165) is 0 Å². The Morgan fingerprint density at radius 3 is 1.73 bits per heavy atom. The maximum Gasteiger partial charge on any atom is 0.326 e. The molecule has 0 aliphatic heterocycles. The highest BCUT2D eigenvalue weighted by Gasteiger charge is 2.31. The molecule has 0 aliphatic carbocycles. The summed E-state index contributed by atoms with van der Waals surface area (Å²) in [6.45, 7) is 0. The average molecular weight is 611 g/mol. The number of H-pyrrole nitrogens is 1. The average Bonchev–Trinajstić information content (AvgIpc) is 3.49. The quantitative estimate of drug-likeness (QED) is 0.101. The predicted octanol–water partition coefficient (Wildman–Crippen LogP) is -0.420. The number of nitrogens with one attached hydrogen (secondary N) is 4. The molecule has 10 N–H and O–H groups in total. The minimum absolute atomic E-state index is 0.0202. The Balaban J connectivity index is 1.80. The van der Waals surface area contributed by atoms with Crippen LogP contribution in [0.25, 0.3) is 0 Å². The molecule has 234 valence electrons. The molecule has 15 heteroatoms. The zero-order valence-electron chi connectivity index (χ0n) is 23.5. The molecule has 0 fully saturated rings. The van der Waals surface area contributed by atoms with Crippen LogP contribution in [0.1, 0.15) is 29.7 Å². The van der Waals surface area contributed by atoms with Crippen molar-refractivity contribution in [3.63, 3.8) is 0 Å². The first-order valence-electron chi connectivity index (χ1n) is 13.6. The number of amides is 3. The number of carbonyl (C=O) groups excluding carboxylic acids is 3. The van der Waals surface area contributed by atoms with E-state index in [1.165, 1.54) is 61.1 Å². The van der Waals surface area contributed by atoms with E-state index in [2.05, 4.69) is 25.9 Å². The Labute approximate surface area is 251 Å². The first kappa shape index (κ1) is 33.1. The predicted molar refractivity (Wildman–Crippen MR) is 154 cm³/mol. The van der Waals surface area contributed by atoms with Crippen molar-refractivity contribution in [1.29, 1.82) is 0 Å².